The average molecular weight is 447 g/mol. The van der Waals surface area contributed by atoms with Crippen LogP contribution in [-0.2, 0) is 11.2 Å². The van der Waals surface area contributed by atoms with Gasteiger partial charge in [0.2, 0.25) is 5.91 Å². The summed E-state index contributed by atoms with van der Waals surface area (Å²) in [6.07, 6.45) is 7.22. The molecule has 2 aromatic carbocycles. The van der Waals surface area contributed by atoms with Gasteiger partial charge in [-0.1, -0.05) is 43.2 Å². The highest BCUT2D eigenvalue weighted by Gasteiger charge is 2.25. The summed E-state index contributed by atoms with van der Waals surface area (Å²) >= 11 is 1.41. The van der Waals surface area contributed by atoms with E-state index in [1.165, 1.54) is 30.2 Å². The normalized spacial score (nSPS) is 15.7. The standard InChI is InChI=1S/C25H26N4O2S/c30-24(28-16-14-18-7-1-5-11-21(18)28)17-32-22-12-6-4-10-20(22)25(31)27-23-13-15-26-29(23)19-8-2-3-9-19/h1,4-7,10-13,15,19H,2-3,8-9,14,16-17H2,(H,27,31). The number of nitrogens with one attached hydrogen (secondary N) is 1. The topological polar surface area (TPSA) is 67.2 Å². The van der Waals surface area contributed by atoms with E-state index < -0.39 is 0 Å². The summed E-state index contributed by atoms with van der Waals surface area (Å²) in [7, 11) is 0. The molecule has 2 aliphatic rings. The monoisotopic (exact) mass is 446 g/mol. The first-order valence-corrected chi connectivity index (χ1v) is 12.1. The molecule has 0 saturated heterocycles. The van der Waals surface area contributed by atoms with Crippen molar-refractivity contribution < 1.29 is 9.59 Å². The van der Waals surface area contributed by atoms with Gasteiger partial charge in [0.15, 0.2) is 0 Å². The summed E-state index contributed by atoms with van der Waals surface area (Å²) in [5, 5.41) is 7.47. The van der Waals surface area contributed by atoms with E-state index in [1.54, 1.807) is 6.20 Å². The van der Waals surface area contributed by atoms with Crippen LogP contribution in [0.4, 0.5) is 11.5 Å². The van der Waals surface area contributed by atoms with Gasteiger partial charge in [0.1, 0.15) is 5.82 Å². The summed E-state index contributed by atoms with van der Waals surface area (Å²) in [5.74, 6) is 0.909. The Hall–Kier alpha value is -3.06. The number of thioether (sulfide) groups is 1. The number of carbonyl (C=O) groups is 2. The van der Waals surface area contributed by atoms with E-state index >= 15 is 0 Å². The van der Waals surface area contributed by atoms with Gasteiger partial charge in [-0.05, 0) is 43.0 Å². The van der Waals surface area contributed by atoms with Gasteiger partial charge in [-0.15, -0.1) is 11.8 Å². The number of hydrogen-bond acceptors (Lipinski definition) is 4. The van der Waals surface area contributed by atoms with Crippen LogP contribution in [0.15, 0.2) is 65.7 Å². The van der Waals surface area contributed by atoms with Crippen LogP contribution in [0.5, 0.6) is 0 Å². The molecule has 5 rings (SSSR count). The molecule has 3 aromatic rings. The number of para-hydroxylation sites is 1. The Labute approximate surface area is 192 Å². The summed E-state index contributed by atoms with van der Waals surface area (Å²) in [4.78, 5) is 28.7. The molecule has 0 unspecified atom stereocenters. The molecule has 6 nitrogen and oxygen atoms in total. The molecule has 1 saturated carbocycles. The van der Waals surface area contributed by atoms with Gasteiger partial charge in [-0.3, -0.25) is 9.59 Å². The molecule has 1 aliphatic carbocycles. The second-order valence-electron chi connectivity index (χ2n) is 8.26. The summed E-state index contributed by atoms with van der Waals surface area (Å²) in [6, 6.07) is 17.7. The SMILES string of the molecule is O=C(Nc1ccnn1C1CCCC1)c1ccccc1SCC(=O)N1CCc2ccccc21. The number of benzene rings is 2. The number of hydrogen-bond donors (Lipinski definition) is 1. The van der Waals surface area contributed by atoms with E-state index in [0.29, 0.717) is 23.9 Å². The number of aromatic nitrogens is 2. The van der Waals surface area contributed by atoms with Crippen molar-refractivity contribution in [1.29, 1.82) is 0 Å². The lowest BCUT2D eigenvalue weighted by atomic mass is 10.2. The minimum Gasteiger partial charge on any atom is -0.311 e. The molecular weight excluding hydrogens is 420 g/mol. The quantitative estimate of drug-likeness (QED) is 0.545. The van der Waals surface area contributed by atoms with Crippen LogP contribution in [0.2, 0.25) is 0 Å². The lowest BCUT2D eigenvalue weighted by Crippen LogP contribution is -2.30. The zero-order valence-electron chi connectivity index (χ0n) is 17.9. The van der Waals surface area contributed by atoms with Crippen molar-refractivity contribution in [2.24, 2.45) is 0 Å². The van der Waals surface area contributed by atoms with Crippen molar-refractivity contribution in [2.75, 3.05) is 22.5 Å². The van der Waals surface area contributed by atoms with Gasteiger partial charge in [0.25, 0.3) is 5.91 Å². The average Bonchev–Trinajstić information content (AvgIpc) is 3.58. The van der Waals surface area contributed by atoms with E-state index in [2.05, 4.69) is 16.5 Å². The third kappa shape index (κ3) is 4.17. The van der Waals surface area contributed by atoms with Gasteiger partial charge < -0.3 is 10.2 Å². The maximum Gasteiger partial charge on any atom is 0.257 e. The largest absolute Gasteiger partial charge is 0.311 e. The van der Waals surface area contributed by atoms with Crippen LogP contribution in [0, 0.1) is 0 Å². The zero-order chi connectivity index (χ0) is 21.9. The van der Waals surface area contributed by atoms with Gasteiger partial charge >= 0.3 is 0 Å². The smallest absolute Gasteiger partial charge is 0.257 e. The Morgan fingerprint density at radius 3 is 2.69 bits per heavy atom. The van der Waals surface area contributed by atoms with E-state index in [1.807, 2.05) is 58.1 Å². The second-order valence-corrected chi connectivity index (χ2v) is 9.28. The number of fused-ring (bicyclic) bond motifs is 1. The first kappa shape index (κ1) is 20.8. The molecule has 2 amide bonds. The molecule has 164 valence electrons. The summed E-state index contributed by atoms with van der Waals surface area (Å²) in [6.45, 7) is 0.714. The summed E-state index contributed by atoms with van der Waals surface area (Å²) in [5.41, 5.74) is 2.79. The number of rotatable bonds is 6. The fourth-order valence-corrected chi connectivity index (χ4v) is 5.56. The van der Waals surface area contributed by atoms with Crippen molar-refractivity contribution >= 4 is 35.1 Å². The first-order valence-electron chi connectivity index (χ1n) is 11.2. The van der Waals surface area contributed by atoms with Crippen LogP contribution < -0.4 is 10.2 Å². The predicted molar refractivity (Wildman–Crippen MR) is 127 cm³/mol. The highest BCUT2D eigenvalue weighted by atomic mass is 32.2. The highest BCUT2D eigenvalue weighted by Crippen LogP contribution is 2.32. The number of carbonyl (C=O) groups excluding carboxylic acids is 2. The lowest BCUT2D eigenvalue weighted by molar-refractivity contribution is -0.116. The van der Waals surface area contributed by atoms with E-state index in [0.717, 1.165) is 35.7 Å². The van der Waals surface area contributed by atoms with Gasteiger partial charge in [0, 0.05) is 23.2 Å². The van der Waals surface area contributed by atoms with Gasteiger partial charge in [-0.2, -0.15) is 5.10 Å². The van der Waals surface area contributed by atoms with Crippen LogP contribution in [0.3, 0.4) is 0 Å². The van der Waals surface area contributed by atoms with Crippen molar-refractivity contribution in [2.45, 2.75) is 43.0 Å². The van der Waals surface area contributed by atoms with Crippen molar-refractivity contribution in [1.82, 2.24) is 9.78 Å². The molecule has 0 spiro atoms. The molecule has 1 fully saturated rings. The van der Waals surface area contributed by atoms with Crippen molar-refractivity contribution in [3.05, 3.63) is 71.9 Å². The number of amides is 2. The Bertz CT molecular complexity index is 1140. The molecule has 0 bridgehead atoms. The molecule has 7 heteroatoms. The van der Waals surface area contributed by atoms with Crippen LogP contribution in [0.25, 0.3) is 0 Å². The number of anilines is 2. The Morgan fingerprint density at radius 1 is 1.03 bits per heavy atom. The molecule has 32 heavy (non-hydrogen) atoms. The van der Waals surface area contributed by atoms with E-state index in [4.69, 9.17) is 0 Å². The van der Waals surface area contributed by atoms with Crippen LogP contribution in [-0.4, -0.2) is 33.9 Å². The molecular formula is C25H26N4O2S. The zero-order valence-corrected chi connectivity index (χ0v) is 18.7. The minimum atomic E-state index is -0.174. The molecule has 0 radical (unpaired) electrons. The third-order valence-electron chi connectivity index (χ3n) is 6.25. The fraction of sp³-hybridized carbons (Fsp3) is 0.320. The first-order chi connectivity index (χ1) is 15.7. The minimum absolute atomic E-state index is 0.0643. The molecule has 1 aliphatic heterocycles. The Morgan fingerprint density at radius 2 is 1.81 bits per heavy atom. The fourth-order valence-electron chi connectivity index (χ4n) is 4.63. The second kappa shape index (κ2) is 9.20. The lowest BCUT2D eigenvalue weighted by Gasteiger charge is -2.18. The Balaban J connectivity index is 1.27. The van der Waals surface area contributed by atoms with Crippen molar-refractivity contribution in [3.63, 3.8) is 0 Å². The van der Waals surface area contributed by atoms with Crippen LogP contribution >= 0.6 is 11.8 Å². The van der Waals surface area contributed by atoms with Gasteiger partial charge in [0.05, 0.1) is 23.6 Å². The van der Waals surface area contributed by atoms with Crippen LogP contribution in [0.1, 0.15) is 47.6 Å². The third-order valence-corrected chi connectivity index (χ3v) is 7.31. The molecule has 1 N–H and O–H groups in total. The molecule has 1 aromatic heterocycles. The number of nitrogens with zero attached hydrogens (tertiary/aromatic N) is 3. The van der Waals surface area contributed by atoms with Gasteiger partial charge in [-0.25, -0.2) is 4.68 Å². The molecule has 2 heterocycles. The summed E-state index contributed by atoms with van der Waals surface area (Å²) < 4.78 is 1.94. The van der Waals surface area contributed by atoms with E-state index in [9.17, 15) is 9.59 Å². The molecule has 0 atom stereocenters. The maximum atomic E-state index is 13.1. The van der Waals surface area contributed by atoms with E-state index in [-0.39, 0.29) is 11.8 Å². The predicted octanol–water partition coefficient (Wildman–Crippen LogP) is 4.93. The van der Waals surface area contributed by atoms with Crippen molar-refractivity contribution in [3.8, 4) is 0 Å². The Kier molecular flexibility index (Phi) is 5.99. The maximum absolute atomic E-state index is 13.1. The highest BCUT2D eigenvalue weighted by molar-refractivity contribution is 8.00.